The predicted octanol–water partition coefficient (Wildman–Crippen LogP) is 2.01. The number of hydrogen-bond acceptors (Lipinski definition) is 3. The molecule has 2 heterocycles. The minimum Gasteiger partial charge on any atom is -0.357 e. The lowest BCUT2D eigenvalue weighted by molar-refractivity contribution is 0.472. The van der Waals surface area contributed by atoms with Crippen LogP contribution in [-0.2, 0) is 26.1 Å². The molecular formula is C20H29FN6O. The highest BCUT2D eigenvalue weighted by molar-refractivity contribution is 5.79. The van der Waals surface area contributed by atoms with E-state index in [9.17, 15) is 9.18 Å². The van der Waals surface area contributed by atoms with E-state index in [0.717, 1.165) is 56.1 Å². The van der Waals surface area contributed by atoms with Crippen molar-refractivity contribution in [3.05, 3.63) is 52.0 Å². The third-order valence-electron chi connectivity index (χ3n) is 4.83. The third kappa shape index (κ3) is 4.99. The number of fused-ring (bicyclic) bond motifs is 1. The molecule has 3 rings (SSSR count). The highest BCUT2D eigenvalue weighted by atomic mass is 19.1. The SMILES string of the molecule is CCNC(=NCCCn1nc2n(c1=O)CCCC2)N(C)Cc1cccc(F)c1. The normalized spacial score (nSPS) is 14.0. The van der Waals surface area contributed by atoms with Crippen LogP contribution in [0.5, 0.6) is 0 Å². The van der Waals surface area contributed by atoms with Crippen LogP contribution in [0.4, 0.5) is 4.39 Å². The van der Waals surface area contributed by atoms with Crippen LogP contribution in [0.25, 0.3) is 0 Å². The Bertz CT molecular complexity index is 872. The Morgan fingerprint density at radius 3 is 3.00 bits per heavy atom. The van der Waals surface area contributed by atoms with E-state index >= 15 is 0 Å². The number of benzene rings is 1. The molecule has 0 fully saturated rings. The lowest BCUT2D eigenvalue weighted by Crippen LogP contribution is -2.38. The molecule has 1 aliphatic rings. The molecule has 7 nitrogen and oxygen atoms in total. The van der Waals surface area contributed by atoms with Gasteiger partial charge in [0.2, 0.25) is 0 Å². The summed E-state index contributed by atoms with van der Waals surface area (Å²) in [5.41, 5.74) is 0.886. The Kier molecular flexibility index (Phi) is 6.84. The van der Waals surface area contributed by atoms with Crippen LogP contribution in [0.15, 0.2) is 34.1 Å². The first-order valence-corrected chi connectivity index (χ1v) is 9.99. The third-order valence-corrected chi connectivity index (χ3v) is 4.83. The van der Waals surface area contributed by atoms with Crippen molar-refractivity contribution in [2.75, 3.05) is 20.1 Å². The van der Waals surface area contributed by atoms with Crippen molar-refractivity contribution in [3.8, 4) is 0 Å². The molecule has 1 N–H and O–H groups in total. The molecule has 0 aliphatic carbocycles. The van der Waals surface area contributed by atoms with Crippen molar-refractivity contribution in [2.45, 2.75) is 52.2 Å². The van der Waals surface area contributed by atoms with E-state index in [4.69, 9.17) is 0 Å². The van der Waals surface area contributed by atoms with Crippen LogP contribution in [-0.4, -0.2) is 45.3 Å². The number of aliphatic imine (C=N–C) groups is 1. The van der Waals surface area contributed by atoms with Gasteiger partial charge in [0, 0.05) is 46.2 Å². The van der Waals surface area contributed by atoms with Gasteiger partial charge in [-0.25, -0.2) is 13.9 Å². The summed E-state index contributed by atoms with van der Waals surface area (Å²) in [6, 6.07) is 6.59. The molecule has 1 aromatic carbocycles. The summed E-state index contributed by atoms with van der Waals surface area (Å²) in [5, 5.41) is 7.72. The summed E-state index contributed by atoms with van der Waals surface area (Å²) in [6.45, 7) is 5.26. The highest BCUT2D eigenvalue weighted by Crippen LogP contribution is 2.09. The number of nitrogens with one attached hydrogen (secondary N) is 1. The zero-order chi connectivity index (χ0) is 19.9. The van der Waals surface area contributed by atoms with Crippen molar-refractivity contribution in [3.63, 3.8) is 0 Å². The fourth-order valence-corrected chi connectivity index (χ4v) is 3.45. The molecule has 0 atom stereocenters. The lowest BCUT2D eigenvalue weighted by Gasteiger charge is -2.22. The molecule has 28 heavy (non-hydrogen) atoms. The fraction of sp³-hybridized carbons (Fsp3) is 0.550. The Morgan fingerprint density at radius 1 is 1.39 bits per heavy atom. The Balaban J connectivity index is 1.57. The van der Waals surface area contributed by atoms with E-state index in [1.807, 2.05) is 24.9 Å². The molecule has 1 aromatic heterocycles. The predicted molar refractivity (Wildman–Crippen MR) is 108 cm³/mol. The summed E-state index contributed by atoms with van der Waals surface area (Å²) >= 11 is 0. The smallest absolute Gasteiger partial charge is 0.345 e. The number of hydrogen-bond donors (Lipinski definition) is 1. The van der Waals surface area contributed by atoms with Gasteiger partial charge in [-0.2, -0.15) is 5.10 Å². The standard InChI is InChI=1S/C20H29FN6O/c1-3-22-19(25(2)15-16-8-6-9-17(21)14-16)23-11-7-13-27-20(28)26-12-5-4-10-18(26)24-27/h6,8-9,14H,3-5,7,10-13,15H2,1-2H3,(H,22,23). The second-order valence-corrected chi connectivity index (χ2v) is 7.11. The van der Waals surface area contributed by atoms with Crippen LogP contribution >= 0.6 is 0 Å². The van der Waals surface area contributed by atoms with Crippen molar-refractivity contribution < 1.29 is 4.39 Å². The molecule has 2 aromatic rings. The maximum absolute atomic E-state index is 13.4. The van der Waals surface area contributed by atoms with Gasteiger partial charge in [-0.15, -0.1) is 0 Å². The number of rotatable bonds is 7. The average Bonchev–Trinajstić information content (AvgIpc) is 3.00. The van der Waals surface area contributed by atoms with Crippen LogP contribution in [0.3, 0.4) is 0 Å². The quantitative estimate of drug-likeness (QED) is 0.448. The summed E-state index contributed by atoms with van der Waals surface area (Å²) in [6.07, 6.45) is 3.77. The first kappa shape index (κ1) is 20.1. The van der Waals surface area contributed by atoms with E-state index in [2.05, 4.69) is 15.4 Å². The van der Waals surface area contributed by atoms with E-state index in [1.54, 1.807) is 15.3 Å². The van der Waals surface area contributed by atoms with Gasteiger partial charge in [-0.1, -0.05) is 12.1 Å². The molecule has 0 spiro atoms. The second-order valence-electron chi connectivity index (χ2n) is 7.11. The number of guanidine groups is 1. The van der Waals surface area contributed by atoms with E-state index in [1.165, 1.54) is 12.1 Å². The summed E-state index contributed by atoms with van der Waals surface area (Å²) < 4.78 is 16.8. The first-order valence-electron chi connectivity index (χ1n) is 9.99. The van der Waals surface area contributed by atoms with E-state index in [0.29, 0.717) is 19.6 Å². The van der Waals surface area contributed by atoms with Gasteiger partial charge in [0.15, 0.2) is 5.96 Å². The van der Waals surface area contributed by atoms with Gasteiger partial charge in [-0.3, -0.25) is 9.56 Å². The first-order chi connectivity index (χ1) is 13.6. The lowest BCUT2D eigenvalue weighted by atomic mass is 10.2. The summed E-state index contributed by atoms with van der Waals surface area (Å²) in [7, 11) is 1.93. The van der Waals surface area contributed by atoms with E-state index in [-0.39, 0.29) is 11.5 Å². The minimum atomic E-state index is -0.235. The van der Waals surface area contributed by atoms with Gasteiger partial charge in [0.05, 0.1) is 0 Å². The van der Waals surface area contributed by atoms with E-state index < -0.39 is 0 Å². The fourth-order valence-electron chi connectivity index (χ4n) is 3.45. The van der Waals surface area contributed by atoms with Gasteiger partial charge in [0.1, 0.15) is 11.6 Å². The maximum Gasteiger partial charge on any atom is 0.345 e. The molecule has 8 heteroatoms. The van der Waals surface area contributed by atoms with Crippen molar-refractivity contribution in [1.82, 2.24) is 24.6 Å². The Morgan fingerprint density at radius 2 is 2.25 bits per heavy atom. The Labute approximate surface area is 164 Å². The van der Waals surface area contributed by atoms with Gasteiger partial charge < -0.3 is 10.2 Å². The summed E-state index contributed by atoms with van der Waals surface area (Å²) in [5.74, 6) is 1.44. The molecule has 1 aliphatic heterocycles. The molecule has 0 amide bonds. The van der Waals surface area contributed by atoms with Crippen LogP contribution in [0.2, 0.25) is 0 Å². The molecule has 0 radical (unpaired) electrons. The molecule has 0 saturated carbocycles. The number of nitrogens with zero attached hydrogens (tertiary/aromatic N) is 5. The monoisotopic (exact) mass is 388 g/mol. The molecular weight excluding hydrogens is 359 g/mol. The highest BCUT2D eigenvalue weighted by Gasteiger charge is 2.16. The number of aromatic nitrogens is 3. The zero-order valence-electron chi connectivity index (χ0n) is 16.7. The molecule has 152 valence electrons. The average molecular weight is 388 g/mol. The molecule has 0 bridgehead atoms. The van der Waals surface area contributed by atoms with Crippen molar-refractivity contribution in [2.24, 2.45) is 4.99 Å². The maximum atomic E-state index is 13.4. The van der Waals surface area contributed by atoms with Crippen molar-refractivity contribution >= 4 is 5.96 Å². The second kappa shape index (κ2) is 9.52. The van der Waals surface area contributed by atoms with Gasteiger partial charge in [-0.05, 0) is 43.9 Å². The molecule has 0 saturated heterocycles. The number of halogens is 1. The Hall–Kier alpha value is -2.64. The molecule has 0 unspecified atom stereocenters. The van der Waals surface area contributed by atoms with Crippen molar-refractivity contribution in [1.29, 1.82) is 0 Å². The number of aryl methyl sites for hydroxylation is 2. The van der Waals surface area contributed by atoms with Gasteiger partial charge in [0.25, 0.3) is 0 Å². The van der Waals surface area contributed by atoms with Crippen LogP contribution in [0, 0.1) is 5.82 Å². The summed E-state index contributed by atoms with van der Waals surface area (Å²) in [4.78, 5) is 19.0. The topological polar surface area (TPSA) is 67.5 Å². The van der Waals surface area contributed by atoms with Crippen LogP contribution < -0.4 is 11.0 Å². The minimum absolute atomic E-state index is 0.00573. The largest absolute Gasteiger partial charge is 0.357 e. The zero-order valence-corrected chi connectivity index (χ0v) is 16.7. The van der Waals surface area contributed by atoms with Gasteiger partial charge >= 0.3 is 5.69 Å². The van der Waals surface area contributed by atoms with Crippen LogP contribution in [0.1, 0.15) is 37.6 Å².